The standard InChI is InChI=1S/C10H12O8/c11-6(12)2-3-4(8(13)14)1-5(9(15)16)7(3)10(17)18/h3-5,7H,1-2H2,(H,11,12)(H,13,14)(H,15,16)(H,17,18)/t3-,4+,5+,7-/m1/s1. The van der Waals surface area contributed by atoms with Crippen LogP contribution < -0.4 is 0 Å². The van der Waals surface area contributed by atoms with Gasteiger partial charge in [0, 0.05) is 6.42 Å². The van der Waals surface area contributed by atoms with Crippen molar-refractivity contribution in [3.63, 3.8) is 0 Å². The molecule has 0 spiro atoms. The smallest absolute Gasteiger partial charge is 0.307 e. The molecule has 0 aromatic carbocycles. The molecular weight excluding hydrogens is 248 g/mol. The highest BCUT2D eigenvalue weighted by Gasteiger charge is 2.53. The molecule has 1 saturated carbocycles. The normalized spacial score (nSPS) is 30.9. The first-order valence-electron chi connectivity index (χ1n) is 5.16. The summed E-state index contributed by atoms with van der Waals surface area (Å²) in [6.45, 7) is 0. The fourth-order valence-corrected chi connectivity index (χ4v) is 2.51. The number of carbonyl (C=O) groups is 4. The highest BCUT2D eigenvalue weighted by atomic mass is 16.4. The highest BCUT2D eigenvalue weighted by molar-refractivity contribution is 5.85. The van der Waals surface area contributed by atoms with Crippen LogP contribution >= 0.6 is 0 Å². The quantitative estimate of drug-likeness (QED) is 0.520. The second-order valence-electron chi connectivity index (χ2n) is 4.25. The van der Waals surface area contributed by atoms with E-state index >= 15 is 0 Å². The van der Waals surface area contributed by atoms with Crippen LogP contribution in [0.5, 0.6) is 0 Å². The van der Waals surface area contributed by atoms with Gasteiger partial charge in [-0.1, -0.05) is 0 Å². The molecule has 8 nitrogen and oxygen atoms in total. The lowest BCUT2D eigenvalue weighted by atomic mass is 9.84. The van der Waals surface area contributed by atoms with E-state index in [1.54, 1.807) is 0 Å². The van der Waals surface area contributed by atoms with E-state index < -0.39 is 54.0 Å². The van der Waals surface area contributed by atoms with E-state index in [0.717, 1.165) is 0 Å². The summed E-state index contributed by atoms with van der Waals surface area (Å²) in [4.78, 5) is 43.5. The van der Waals surface area contributed by atoms with Crippen molar-refractivity contribution in [2.45, 2.75) is 12.8 Å². The van der Waals surface area contributed by atoms with Crippen LogP contribution in [0.2, 0.25) is 0 Å². The Morgan fingerprint density at radius 3 is 1.67 bits per heavy atom. The molecule has 0 amide bonds. The molecule has 0 aromatic heterocycles. The fourth-order valence-electron chi connectivity index (χ4n) is 2.51. The zero-order chi connectivity index (χ0) is 14.0. The lowest BCUT2D eigenvalue weighted by Crippen LogP contribution is -2.32. The van der Waals surface area contributed by atoms with Gasteiger partial charge in [-0.3, -0.25) is 19.2 Å². The molecule has 4 atom stereocenters. The van der Waals surface area contributed by atoms with Gasteiger partial charge in [0.15, 0.2) is 0 Å². The summed E-state index contributed by atoms with van der Waals surface area (Å²) in [6.07, 6.45) is -1.03. The molecular formula is C10H12O8. The molecule has 1 aliphatic rings. The minimum absolute atomic E-state index is 0.362. The zero-order valence-corrected chi connectivity index (χ0v) is 9.15. The lowest BCUT2D eigenvalue weighted by molar-refractivity contribution is -0.155. The molecule has 100 valence electrons. The zero-order valence-electron chi connectivity index (χ0n) is 9.15. The maximum atomic E-state index is 11.0. The van der Waals surface area contributed by atoms with Gasteiger partial charge in [0.2, 0.25) is 0 Å². The summed E-state index contributed by atoms with van der Waals surface area (Å²) < 4.78 is 0. The first-order chi connectivity index (χ1) is 8.25. The molecule has 0 bridgehead atoms. The van der Waals surface area contributed by atoms with Crippen molar-refractivity contribution in [2.75, 3.05) is 0 Å². The Bertz CT molecular complexity index is 401. The third-order valence-electron chi connectivity index (χ3n) is 3.25. The SMILES string of the molecule is O=C(O)C[C@H]1[C@@H](C(=O)O)[C@@H](C(=O)O)C[C@@H]1C(=O)O. The second-order valence-corrected chi connectivity index (χ2v) is 4.25. The minimum Gasteiger partial charge on any atom is -0.481 e. The molecule has 0 unspecified atom stereocenters. The van der Waals surface area contributed by atoms with Crippen molar-refractivity contribution >= 4 is 23.9 Å². The molecule has 1 rings (SSSR count). The molecule has 0 heterocycles. The first kappa shape index (κ1) is 13.9. The van der Waals surface area contributed by atoms with Crippen molar-refractivity contribution in [1.29, 1.82) is 0 Å². The number of aliphatic carboxylic acids is 4. The van der Waals surface area contributed by atoms with E-state index in [1.807, 2.05) is 0 Å². The average molecular weight is 260 g/mol. The Hall–Kier alpha value is -2.12. The average Bonchev–Trinajstić information content (AvgIpc) is 2.56. The van der Waals surface area contributed by atoms with Gasteiger partial charge < -0.3 is 20.4 Å². The van der Waals surface area contributed by atoms with Crippen LogP contribution in [-0.2, 0) is 19.2 Å². The maximum absolute atomic E-state index is 11.0. The number of hydrogen-bond donors (Lipinski definition) is 4. The minimum atomic E-state index is -1.49. The van der Waals surface area contributed by atoms with Crippen LogP contribution in [0.1, 0.15) is 12.8 Å². The van der Waals surface area contributed by atoms with E-state index in [1.165, 1.54) is 0 Å². The largest absolute Gasteiger partial charge is 0.481 e. The highest BCUT2D eigenvalue weighted by Crippen LogP contribution is 2.44. The third kappa shape index (κ3) is 2.58. The summed E-state index contributed by atoms with van der Waals surface area (Å²) >= 11 is 0. The van der Waals surface area contributed by atoms with Crippen LogP contribution in [0.25, 0.3) is 0 Å². The topological polar surface area (TPSA) is 149 Å². The van der Waals surface area contributed by atoms with Crippen LogP contribution in [0.3, 0.4) is 0 Å². The Labute approximate surface area is 101 Å². The Morgan fingerprint density at radius 2 is 1.33 bits per heavy atom. The summed E-state index contributed by atoms with van der Waals surface area (Å²) in [5.74, 6) is -10.9. The molecule has 0 saturated heterocycles. The van der Waals surface area contributed by atoms with Gasteiger partial charge in [0.25, 0.3) is 0 Å². The van der Waals surface area contributed by atoms with Gasteiger partial charge in [-0.25, -0.2) is 0 Å². The van der Waals surface area contributed by atoms with Crippen LogP contribution in [0.4, 0.5) is 0 Å². The monoisotopic (exact) mass is 260 g/mol. The molecule has 18 heavy (non-hydrogen) atoms. The molecule has 1 fully saturated rings. The second kappa shape index (κ2) is 5.03. The lowest BCUT2D eigenvalue weighted by Gasteiger charge is -2.18. The molecule has 0 aliphatic heterocycles. The predicted molar refractivity (Wildman–Crippen MR) is 53.7 cm³/mol. The van der Waals surface area contributed by atoms with Gasteiger partial charge in [0.05, 0.1) is 17.8 Å². The Kier molecular flexibility index (Phi) is 3.89. The van der Waals surface area contributed by atoms with Gasteiger partial charge in [-0.15, -0.1) is 0 Å². The van der Waals surface area contributed by atoms with Gasteiger partial charge in [-0.2, -0.15) is 0 Å². The van der Waals surface area contributed by atoms with Crippen LogP contribution in [0, 0.1) is 23.7 Å². The van der Waals surface area contributed by atoms with E-state index in [-0.39, 0.29) is 6.42 Å². The van der Waals surface area contributed by atoms with Gasteiger partial charge in [0.1, 0.15) is 0 Å². The van der Waals surface area contributed by atoms with Crippen molar-refractivity contribution in [1.82, 2.24) is 0 Å². The summed E-state index contributed by atoms with van der Waals surface area (Å²) in [5.41, 5.74) is 0. The van der Waals surface area contributed by atoms with E-state index in [2.05, 4.69) is 0 Å². The molecule has 0 aromatic rings. The van der Waals surface area contributed by atoms with Gasteiger partial charge >= 0.3 is 23.9 Å². The maximum Gasteiger partial charge on any atom is 0.307 e. The molecule has 4 N–H and O–H groups in total. The summed E-state index contributed by atoms with van der Waals surface area (Å²) in [6, 6.07) is 0. The van der Waals surface area contributed by atoms with E-state index in [0.29, 0.717) is 0 Å². The Morgan fingerprint density at radius 1 is 0.833 bits per heavy atom. The predicted octanol–water partition coefficient (Wildman–Crippen LogP) is -0.417. The number of hydrogen-bond acceptors (Lipinski definition) is 4. The van der Waals surface area contributed by atoms with E-state index in [9.17, 15) is 19.2 Å². The number of carboxylic acid groups (broad SMARTS) is 4. The molecule has 0 radical (unpaired) electrons. The summed E-state index contributed by atoms with van der Waals surface area (Å²) in [7, 11) is 0. The number of carboxylic acids is 4. The van der Waals surface area contributed by atoms with Crippen molar-refractivity contribution in [3.8, 4) is 0 Å². The van der Waals surface area contributed by atoms with Crippen molar-refractivity contribution < 1.29 is 39.6 Å². The molecule has 1 aliphatic carbocycles. The fraction of sp³-hybridized carbons (Fsp3) is 0.600. The van der Waals surface area contributed by atoms with Gasteiger partial charge in [-0.05, 0) is 12.3 Å². The van der Waals surface area contributed by atoms with Crippen LogP contribution in [-0.4, -0.2) is 44.3 Å². The first-order valence-corrected chi connectivity index (χ1v) is 5.16. The van der Waals surface area contributed by atoms with Crippen LogP contribution in [0.15, 0.2) is 0 Å². The van der Waals surface area contributed by atoms with Crippen molar-refractivity contribution in [3.05, 3.63) is 0 Å². The molecule has 8 heteroatoms. The Balaban J connectivity index is 3.10. The van der Waals surface area contributed by atoms with E-state index in [4.69, 9.17) is 20.4 Å². The van der Waals surface area contributed by atoms with Crippen molar-refractivity contribution in [2.24, 2.45) is 23.7 Å². The third-order valence-corrected chi connectivity index (χ3v) is 3.25. The summed E-state index contributed by atoms with van der Waals surface area (Å²) in [5, 5.41) is 35.4. The number of rotatable bonds is 5.